The highest BCUT2D eigenvalue weighted by Gasteiger charge is 2.24. The molecule has 0 saturated carbocycles. The summed E-state index contributed by atoms with van der Waals surface area (Å²) in [5.41, 5.74) is 4.65. The number of hydrogen-bond donors (Lipinski definition) is 0. The van der Waals surface area contributed by atoms with Crippen molar-refractivity contribution in [3.8, 4) is 11.3 Å². The van der Waals surface area contributed by atoms with Crippen LogP contribution >= 0.6 is 0 Å². The molecule has 1 aromatic carbocycles. The topological polar surface area (TPSA) is 99.4 Å². The first kappa shape index (κ1) is 24.1. The third kappa shape index (κ3) is 6.11. The molecule has 35 heavy (non-hydrogen) atoms. The molecule has 9 nitrogen and oxygen atoms in total. The molecule has 0 atom stereocenters. The fourth-order valence-corrected chi connectivity index (χ4v) is 3.73. The number of ether oxygens (including phenoxy) is 2. The minimum absolute atomic E-state index is 0.285. The van der Waals surface area contributed by atoms with Crippen LogP contribution in [0.5, 0.6) is 0 Å². The average molecular weight is 476 g/mol. The number of pyridine rings is 1. The van der Waals surface area contributed by atoms with Crippen LogP contribution in [0, 0.1) is 0 Å². The number of nitrogens with zero attached hydrogens (tertiary/aromatic N) is 5. The van der Waals surface area contributed by atoms with E-state index < -0.39 is 11.6 Å². The highest BCUT2D eigenvalue weighted by Crippen LogP contribution is 2.27. The predicted octanol–water partition coefficient (Wildman–Crippen LogP) is 4.20. The maximum absolute atomic E-state index is 12.3. The molecular formula is C26H29N5O4. The average Bonchev–Trinajstić information content (AvgIpc) is 3.32. The Bertz CT molecular complexity index is 1240. The van der Waals surface area contributed by atoms with E-state index in [1.807, 2.05) is 39.1 Å². The van der Waals surface area contributed by atoms with Gasteiger partial charge in [-0.05, 0) is 56.5 Å². The van der Waals surface area contributed by atoms with E-state index in [9.17, 15) is 9.59 Å². The van der Waals surface area contributed by atoms with E-state index in [0.717, 1.165) is 28.9 Å². The molecule has 9 heteroatoms. The van der Waals surface area contributed by atoms with Gasteiger partial charge in [0.25, 0.3) is 0 Å². The Balaban J connectivity index is 1.43. The summed E-state index contributed by atoms with van der Waals surface area (Å²) >= 11 is 0. The van der Waals surface area contributed by atoms with Crippen molar-refractivity contribution in [2.24, 2.45) is 0 Å². The van der Waals surface area contributed by atoms with E-state index in [1.54, 1.807) is 21.7 Å². The summed E-state index contributed by atoms with van der Waals surface area (Å²) in [7, 11) is 1.34. The third-order valence-corrected chi connectivity index (χ3v) is 5.50. The second-order valence-corrected chi connectivity index (χ2v) is 9.32. The van der Waals surface area contributed by atoms with Gasteiger partial charge >= 0.3 is 12.1 Å². The molecular weight excluding hydrogens is 446 g/mol. The number of carbonyl (C=O) groups excluding carboxylic acids is 2. The first-order valence-electron chi connectivity index (χ1n) is 11.4. The van der Waals surface area contributed by atoms with E-state index in [1.165, 1.54) is 18.9 Å². The number of hydrogen-bond acceptors (Lipinski definition) is 7. The molecule has 4 rings (SSSR count). The molecule has 1 amide bonds. The summed E-state index contributed by atoms with van der Waals surface area (Å²) in [6.45, 7) is 7.17. The van der Waals surface area contributed by atoms with Crippen LogP contribution in [0.1, 0.15) is 48.8 Å². The molecule has 0 aliphatic carbocycles. The molecule has 0 spiro atoms. The SMILES string of the molecule is COC(=O)c1ccc(Cn2cc(-c3cccc(C4=CCN(C(=O)OC(C)(C)C)CC4)c3)nn2)nc1. The Labute approximate surface area is 204 Å². The van der Waals surface area contributed by atoms with Crippen LogP contribution in [0.2, 0.25) is 0 Å². The van der Waals surface area contributed by atoms with Crippen LogP contribution in [-0.2, 0) is 16.0 Å². The van der Waals surface area contributed by atoms with Crippen molar-refractivity contribution in [3.63, 3.8) is 0 Å². The summed E-state index contributed by atoms with van der Waals surface area (Å²) in [6.07, 6.45) is 5.90. The number of carbonyl (C=O) groups is 2. The third-order valence-electron chi connectivity index (χ3n) is 5.50. The van der Waals surface area contributed by atoms with Crippen molar-refractivity contribution in [1.29, 1.82) is 0 Å². The van der Waals surface area contributed by atoms with Gasteiger partial charge in [-0.15, -0.1) is 5.10 Å². The van der Waals surface area contributed by atoms with E-state index in [2.05, 4.69) is 33.5 Å². The summed E-state index contributed by atoms with van der Waals surface area (Å²) in [5.74, 6) is -0.419. The normalized spacial score (nSPS) is 13.8. The van der Waals surface area contributed by atoms with E-state index >= 15 is 0 Å². The van der Waals surface area contributed by atoms with Crippen LogP contribution in [0.4, 0.5) is 4.79 Å². The molecule has 0 N–H and O–H groups in total. The van der Waals surface area contributed by atoms with Crippen LogP contribution in [0.15, 0.2) is 54.9 Å². The van der Waals surface area contributed by atoms with Crippen LogP contribution in [-0.4, -0.2) is 62.7 Å². The number of benzene rings is 1. The summed E-state index contributed by atoms with van der Waals surface area (Å²) in [4.78, 5) is 29.9. The van der Waals surface area contributed by atoms with E-state index in [0.29, 0.717) is 25.2 Å². The zero-order chi connectivity index (χ0) is 25.0. The second-order valence-electron chi connectivity index (χ2n) is 9.32. The van der Waals surface area contributed by atoms with Gasteiger partial charge in [0.05, 0.1) is 31.1 Å². The van der Waals surface area contributed by atoms with Gasteiger partial charge in [0, 0.05) is 24.8 Å². The summed E-state index contributed by atoms with van der Waals surface area (Å²) in [6, 6.07) is 11.6. The minimum atomic E-state index is -0.505. The highest BCUT2D eigenvalue weighted by molar-refractivity contribution is 5.88. The fourth-order valence-electron chi connectivity index (χ4n) is 3.73. The number of amides is 1. The largest absolute Gasteiger partial charge is 0.465 e. The number of aromatic nitrogens is 4. The molecule has 0 unspecified atom stereocenters. The molecule has 2 aromatic heterocycles. The molecule has 3 heterocycles. The van der Waals surface area contributed by atoms with Crippen molar-refractivity contribution in [2.45, 2.75) is 39.3 Å². The summed E-state index contributed by atoms with van der Waals surface area (Å²) in [5, 5.41) is 8.54. The molecule has 0 radical (unpaired) electrons. The van der Waals surface area contributed by atoms with E-state index in [4.69, 9.17) is 9.47 Å². The zero-order valence-electron chi connectivity index (χ0n) is 20.4. The lowest BCUT2D eigenvalue weighted by Crippen LogP contribution is -2.39. The van der Waals surface area contributed by atoms with Crippen molar-refractivity contribution in [1.82, 2.24) is 24.9 Å². The molecule has 3 aromatic rings. The molecule has 1 aliphatic rings. The van der Waals surface area contributed by atoms with Gasteiger partial charge in [-0.2, -0.15) is 0 Å². The molecule has 0 fully saturated rings. The van der Waals surface area contributed by atoms with Gasteiger partial charge in [0.2, 0.25) is 0 Å². The van der Waals surface area contributed by atoms with Gasteiger partial charge in [0.1, 0.15) is 11.3 Å². The second kappa shape index (κ2) is 10.1. The van der Waals surface area contributed by atoms with Crippen molar-refractivity contribution in [3.05, 3.63) is 71.7 Å². The van der Waals surface area contributed by atoms with Crippen LogP contribution < -0.4 is 0 Å². The van der Waals surface area contributed by atoms with Crippen molar-refractivity contribution >= 4 is 17.6 Å². The van der Waals surface area contributed by atoms with Crippen LogP contribution in [0.25, 0.3) is 16.8 Å². The van der Waals surface area contributed by atoms with Gasteiger partial charge < -0.3 is 14.4 Å². The lowest BCUT2D eigenvalue weighted by Gasteiger charge is -2.29. The lowest BCUT2D eigenvalue weighted by molar-refractivity contribution is 0.0270. The van der Waals surface area contributed by atoms with Crippen molar-refractivity contribution in [2.75, 3.05) is 20.2 Å². The maximum atomic E-state index is 12.3. The number of methoxy groups -OCH3 is 1. The Hall–Kier alpha value is -4.01. The first-order valence-corrected chi connectivity index (χ1v) is 11.4. The predicted molar refractivity (Wildman–Crippen MR) is 131 cm³/mol. The van der Waals surface area contributed by atoms with Gasteiger partial charge in [-0.1, -0.05) is 29.5 Å². The van der Waals surface area contributed by atoms with Gasteiger partial charge in [0.15, 0.2) is 0 Å². The minimum Gasteiger partial charge on any atom is -0.465 e. The van der Waals surface area contributed by atoms with E-state index in [-0.39, 0.29) is 6.09 Å². The first-order chi connectivity index (χ1) is 16.7. The monoisotopic (exact) mass is 475 g/mol. The smallest absolute Gasteiger partial charge is 0.410 e. The molecule has 0 saturated heterocycles. The Kier molecular flexibility index (Phi) is 6.95. The highest BCUT2D eigenvalue weighted by atomic mass is 16.6. The zero-order valence-corrected chi connectivity index (χ0v) is 20.4. The standard InChI is InChI=1S/C26H29N5O4/c1-26(2,3)35-25(33)30-12-10-18(11-13-30)19-6-5-7-20(14-19)23-17-31(29-28-23)16-22-9-8-21(15-27-22)24(32)34-4/h5-10,14-15,17H,11-13,16H2,1-4H3. The van der Waals surface area contributed by atoms with Gasteiger partial charge in [-0.25, -0.2) is 14.3 Å². The van der Waals surface area contributed by atoms with Crippen LogP contribution in [0.3, 0.4) is 0 Å². The molecule has 1 aliphatic heterocycles. The molecule has 182 valence electrons. The summed E-state index contributed by atoms with van der Waals surface area (Å²) < 4.78 is 11.9. The van der Waals surface area contributed by atoms with Crippen molar-refractivity contribution < 1.29 is 19.1 Å². The molecule has 0 bridgehead atoms. The van der Waals surface area contributed by atoms with Gasteiger partial charge in [-0.3, -0.25) is 4.98 Å². The Morgan fingerprint density at radius 2 is 1.91 bits per heavy atom. The quantitative estimate of drug-likeness (QED) is 0.510. The Morgan fingerprint density at radius 3 is 2.57 bits per heavy atom. The number of esters is 1. The fraction of sp³-hybridized carbons (Fsp3) is 0.346. The Morgan fingerprint density at radius 1 is 1.11 bits per heavy atom. The lowest BCUT2D eigenvalue weighted by atomic mass is 9.97. The number of rotatable bonds is 5. The maximum Gasteiger partial charge on any atom is 0.410 e.